The molecule has 1 aromatic rings. The van der Waals surface area contributed by atoms with Gasteiger partial charge in [-0.1, -0.05) is 43.6 Å². The highest BCUT2D eigenvalue weighted by atomic mass is 35.5. The second-order valence-electron chi connectivity index (χ2n) is 7.01. The van der Waals surface area contributed by atoms with Crippen LogP contribution in [0, 0.1) is 5.92 Å². The number of hydrogen-bond donors (Lipinski definition) is 1. The first-order valence-electron chi connectivity index (χ1n) is 10.1. The number of aliphatic imine (C=N–C) groups is 1. The van der Waals surface area contributed by atoms with E-state index in [4.69, 9.17) is 21.3 Å². The molecule has 2 atom stereocenters. The van der Waals surface area contributed by atoms with E-state index < -0.39 is 0 Å². The van der Waals surface area contributed by atoms with E-state index in [1.807, 2.05) is 12.1 Å². The molecule has 0 aliphatic carbocycles. The van der Waals surface area contributed by atoms with E-state index in [-0.39, 0.29) is 6.04 Å². The number of guanidine groups is 1. The molecule has 2 unspecified atom stereocenters. The van der Waals surface area contributed by atoms with Crippen LogP contribution in [0.5, 0.6) is 0 Å². The summed E-state index contributed by atoms with van der Waals surface area (Å²) in [4.78, 5) is 9.80. The van der Waals surface area contributed by atoms with Crippen molar-refractivity contribution in [2.24, 2.45) is 10.9 Å². The number of nitrogens with zero attached hydrogens (tertiary/aromatic N) is 3. The summed E-state index contributed by atoms with van der Waals surface area (Å²) in [5, 5.41) is 4.28. The van der Waals surface area contributed by atoms with Gasteiger partial charge in [0.25, 0.3) is 0 Å². The number of likely N-dealkylation sites (N-methyl/N-ethyl adjacent to an activating group) is 1. The van der Waals surface area contributed by atoms with E-state index in [0.29, 0.717) is 12.5 Å². The minimum atomic E-state index is 0.180. The summed E-state index contributed by atoms with van der Waals surface area (Å²) in [7, 11) is 1.78. The summed E-state index contributed by atoms with van der Waals surface area (Å²) in [6, 6.07) is 8.32. The lowest BCUT2D eigenvalue weighted by molar-refractivity contribution is 0.157. The Bertz CT molecular complexity index is 591. The van der Waals surface area contributed by atoms with Crippen LogP contribution in [0.2, 0.25) is 5.02 Å². The average molecular weight is 395 g/mol. The van der Waals surface area contributed by atoms with Crippen LogP contribution < -0.4 is 5.32 Å². The summed E-state index contributed by atoms with van der Waals surface area (Å²) in [5.74, 6) is 1.58. The third kappa shape index (κ3) is 6.09. The topological polar surface area (TPSA) is 40.1 Å². The van der Waals surface area contributed by atoms with Crippen LogP contribution in [0.25, 0.3) is 0 Å². The first kappa shape index (κ1) is 22.0. The van der Waals surface area contributed by atoms with Crippen molar-refractivity contribution in [1.29, 1.82) is 0 Å². The Hall–Kier alpha value is -1.30. The number of hydrogen-bond acceptors (Lipinski definition) is 3. The molecule has 27 heavy (non-hydrogen) atoms. The fourth-order valence-electron chi connectivity index (χ4n) is 3.82. The SMILES string of the molecule is CCNC(=NCC(c1ccccc1Cl)N(CC)CC)N1CCC(COC)C1. The van der Waals surface area contributed by atoms with Gasteiger partial charge in [0.15, 0.2) is 5.96 Å². The normalized spacial score (nSPS) is 19.0. The lowest BCUT2D eigenvalue weighted by atomic mass is 10.1. The van der Waals surface area contributed by atoms with Crippen molar-refractivity contribution in [2.75, 3.05) is 53.0 Å². The highest BCUT2D eigenvalue weighted by Crippen LogP contribution is 2.28. The molecule has 1 N–H and O–H groups in total. The Labute approximate surface area is 169 Å². The Morgan fingerprint density at radius 2 is 2.07 bits per heavy atom. The quantitative estimate of drug-likeness (QED) is 0.512. The fraction of sp³-hybridized carbons (Fsp3) is 0.667. The van der Waals surface area contributed by atoms with Gasteiger partial charge < -0.3 is 15.0 Å². The standard InChI is InChI=1S/C21H35ClN4O/c1-5-23-21(26-13-12-17(15-26)16-27-4)24-14-20(25(6-2)7-3)18-10-8-9-11-19(18)22/h8-11,17,20H,5-7,12-16H2,1-4H3,(H,23,24). The third-order valence-corrected chi connectivity index (χ3v) is 5.60. The van der Waals surface area contributed by atoms with Gasteiger partial charge in [-0.05, 0) is 38.1 Å². The van der Waals surface area contributed by atoms with Gasteiger partial charge in [-0.25, -0.2) is 0 Å². The van der Waals surface area contributed by atoms with E-state index in [0.717, 1.165) is 62.3 Å². The van der Waals surface area contributed by atoms with Crippen LogP contribution in [-0.2, 0) is 4.74 Å². The second-order valence-corrected chi connectivity index (χ2v) is 7.42. The molecule has 0 bridgehead atoms. The highest BCUT2D eigenvalue weighted by Gasteiger charge is 2.26. The third-order valence-electron chi connectivity index (χ3n) is 5.25. The van der Waals surface area contributed by atoms with E-state index in [9.17, 15) is 0 Å². The predicted octanol–water partition coefficient (Wildman–Crippen LogP) is 3.66. The summed E-state index contributed by atoms with van der Waals surface area (Å²) in [6.45, 7) is 12.9. The van der Waals surface area contributed by atoms with Crippen molar-refractivity contribution < 1.29 is 4.74 Å². The van der Waals surface area contributed by atoms with E-state index in [1.165, 1.54) is 0 Å². The molecule has 2 rings (SSSR count). The highest BCUT2D eigenvalue weighted by molar-refractivity contribution is 6.31. The predicted molar refractivity (Wildman–Crippen MR) is 115 cm³/mol. The molecule has 1 saturated heterocycles. The number of methoxy groups -OCH3 is 1. The smallest absolute Gasteiger partial charge is 0.193 e. The molecule has 5 nitrogen and oxygen atoms in total. The summed E-state index contributed by atoms with van der Waals surface area (Å²) in [5.41, 5.74) is 1.15. The van der Waals surface area contributed by atoms with Crippen molar-refractivity contribution in [3.63, 3.8) is 0 Å². The lowest BCUT2D eigenvalue weighted by Gasteiger charge is -2.30. The van der Waals surface area contributed by atoms with Gasteiger partial charge in [0.05, 0.1) is 19.2 Å². The first-order chi connectivity index (χ1) is 13.1. The van der Waals surface area contributed by atoms with Crippen LogP contribution in [0.3, 0.4) is 0 Å². The maximum Gasteiger partial charge on any atom is 0.193 e. The van der Waals surface area contributed by atoms with Crippen molar-refractivity contribution >= 4 is 17.6 Å². The van der Waals surface area contributed by atoms with Gasteiger partial charge in [0.2, 0.25) is 0 Å². The molecule has 1 fully saturated rings. The lowest BCUT2D eigenvalue weighted by Crippen LogP contribution is -2.41. The number of benzene rings is 1. The first-order valence-corrected chi connectivity index (χ1v) is 10.5. The van der Waals surface area contributed by atoms with E-state index in [2.05, 4.69) is 48.0 Å². The van der Waals surface area contributed by atoms with E-state index >= 15 is 0 Å². The van der Waals surface area contributed by atoms with Gasteiger partial charge in [-0.15, -0.1) is 0 Å². The molecular formula is C21H35ClN4O. The number of likely N-dealkylation sites (tertiary alicyclic amines) is 1. The van der Waals surface area contributed by atoms with Gasteiger partial charge in [0.1, 0.15) is 0 Å². The average Bonchev–Trinajstić information content (AvgIpc) is 3.13. The molecule has 6 heteroatoms. The largest absolute Gasteiger partial charge is 0.384 e. The summed E-state index contributed by atoms with van der Waals surface area (Å²) >= 11 is 6.52. The number of rotatable bonds is 9. The maximum absolute atomic E-state index is 6.52. The van der Waals surface area contributed by atoms with Crippen molar-refractivity contribution in [3.8, 4) is 0 Å². The van der Waals surface area contributed by atoms with Gasteiger partial charge in [-0.2, -0.15) is 0 Å². The zero-order valence-electron chi connectivity index (χ0n) is 17.2. The summed E-state index contributed by atoms with van der Waals surface area (Å²) < 4.78 is 5.34. The van der Waals surface area contributed by atoms with Gasteiger partial charge >= 0.3 is 0 Å². The Balaban J connectivity index is 2.19. The summed E-state index contributed by atoms with van der Waals surface area (Å²) in [6.07, 6.45) is 1.16. The molecule has 1 heterocycles. The van der Waals surface area contributed by atoms with Crippen molar-refractivity contribution in [3.05, 3.63) is 34.9 Å². The van der Waals surface area contributed by atoms with Crippen LogP contribution in [0.4, 0.5) is 0 Å². The molecule has 0 amide bonds. The fourth-order valence-corrected chi connectivity index (χ4v) is 4.08. The van der Waals surface area contributed by atoms with Crippen LogP contribution in [0.1, 0.15) is 38.8 Å². The van der Waals surface area contributed by atoms with Gasteiger partial charge in [-0.3, -0.25) is 9.89 Å². The van der Waals surface area contributed by atoms with Crippen LogP contribution in [-0.4, -0.2) is 68.7 Å². The Kier molecular flexibility index (Phi) is 9.39. The molecule has 1 aromatic carbocycles. The number of ether oxygens (including phenoxy) is 1. The Morgan fingerprint density at radius 1 is 1.33 bits per heavy atom. The monoisotopic (exact) mass is 394 g/mol. The minimum Gasteiger partial charge on any atom is -0.384 e. The van der Waals surface area contributed by atoms with Crippen LogP contribution >= 0.6 is 11.6 Å². The molecular weight excluding hydrogens is 360 g/mol. The van der Waals surface area contributed by atoms with Gasteiger partial charge in [0, 0.05) is 37.7 Å². The molecule has 0 saturated carbocycles. The van der Waals surface area contributed by atoms with Crippen molar-refractivity contribution in [1.82, 2.24) is 15.1 Å². The number of nitrogens with one attached hydrogen (secondary N) is 1. The Morgan fingerprint density at radius 3 is 2.70 bits per heavy atom. The number of halogens is 1. The van der Waals surface area contributed by atoms with Crippen molar-refractivity contribution in [2.45, 2.75) is 33.2 Å². The molecule has 152 valence electrons. The minimum absolute atomic E-state index is 0.180. The maximum atomic E-state index is 6.52. The molecule has 0 radical (unpaired) electrons. The van der Waals surface area contributed by atoms with E-state index in [1.54, 1.807) is 7.11 Å². The molecule has 0 spiro atoms. The zero-order valence-corrected chi connectivity index (χ0v) is 18.0. The van der Waals surface area contributed by atoms with Crippen LogP contribution in [0.15, 0.2) is 29.3 Å². The second kappa shape index (κ2) is 11.5. The molecule has 1 aliphatic rings. The molecule has 0 aromatic heterocycles. The molecule has 1 aliphatic heterocycles. The zero-order chi connectivity index (χ0) is 19.6.